The van der Waals surface area contributed by atoms with Crippen molar-refractivity contribution < 1.29 is 34.2 Å². The van der Waals surface area contributed by atoms with Gasteiger partial charge in [-0.05, 0) is 24.9 Å². The van der Waals surface area contributed by atoms with Gasteiger partial charge >= 0.3 is 11.9 Å². The number of carboxylic acids is 2. The van der Waals surface area contributed by atoms with Crippen molar-refractivity contribution in [1.29, 1.82) is 0 Å². The standard InChI is InChI=1S/C19H30N6O7S2/c1-34-5-4-12(19(31)32)23-17(29)13(6-10-7-21-9-22-10)24-18(30)14(8-33)25-16(28)11(20)2-3-15(26)27/h7,9,11-14,33H,2-6,8,20H2,1H3,(H,21,22)(H,23,29)(H,24,30)(H,25,28)(H,26,27)(H,31,32). The van der Waals surface area contributed by atoms with Gasteiger partial charge in [0.15, 0.2) is 0 Å². The van der Waals surface area contributed by atoms with Gasteiger partial charge < -0.3 is 36.9 Å². The molecule has 0 aliphatic heterocycles. The summed E-state index contributed by atoms with van der Waals surface area (Å²) in [6.07, 6.45) is 4.38. The van der Waals surface area contributed by atoms with Gasteiger partial charge in [0, 0.05) is 30.5 Å². The number of nitrogens with zero attached hydrogens (tertiary/aromatic N) is 1. The van der Waals surface area contributed by atoms with E-state index in [-0.39, 0.29) is 31.4 Å². The number of carbonyl (C=O) groups excluding carboxylic acids is 3. The Labute approximate surface area is 205 Å². The Bertz CT molecular complexity index is 839. The summed E-state index contributed by atoms with van der Waals surface area (Å²) < 4.78 is 0. The van der Waals surface area contributed by atoms with Gasteiger partial charge in [0.1, 0.15) is 18.1 Å². The Balaban J connectivity index is 2.90. The minimum atomic E-state index is -1.20. The SMILES string of the molecule is CSCCC(NC(=O)C(Cc1cnc[nH]1)NC(=O)C(CS)NC(=O)C(N)CCC(=O)O)C(=O)O. The molecule has 0 aliphatic rings. The molecule has 34 heavy (non-hydrogen) atoms. The molecule has 15 heteroatoms. The molecule has 3 amide bonds. The molecule has 1 aromatic heterocycles. The van der Waals surface area contributed by atoms with E-state index in [2.05, 4.69) is 38.5 Å². The summed E-state index contributed by atoms with van der Waals surface area (Å²) in [5.74, 6) is -4.16. The minimum Gasteiger partial charge on any atom is -0.481 e. The van der Waals surface area contributed by atoms with Crippen LogP contribution in [0.15, 0.2) is 12.5 Å². The Morgan fingerprint density at radius 2 is 1.68 bits per heavy atom. The van der Waals surface area contributed by atoms with Gasteiger partial charge in [-0.25, -0.2) is 9.78 Å². The molecule has 0 bridgehead atoms. The van der Waals surface area contributed by atoms with E-state index < -0.39 is 53.8 Å². The van der Waals surface area contributed by atoms with Crippen molar-refractivity contribution in [2.24, 2.45) is 5.73 Å². The number of carboxylic acid groups (broad SMARTS) is 2. The van der Waals surface area contributed by atoms with Crippen LogP contribution in [0.1, 0.15) is 25.0 Å². The highest BCUT2D eigenvalue weighted by atomic mass is 32.2. The maximum atomic E-state index is 12.9. The summed E-state index contributed by atoms with van der Waals surface area (Å²) in [6, 6.07) is -4.64. The van der Waals surface area contributed by atoms with Crippen LogP contribution in [-0.2, 0) is 30.4 Å². The number of hydrogen-bond donors (Lipinski definition) is 8. The molecule has 0 aliphatic carbocycles. The summed E-state index contributed by atoms with van der Waals surface area (Å²) in [7, 11) is 0. The number of nitrogens with two attached hydrogens (primary N) is 1. The van der Waals surface area contributed by atoms with Crippen molar-refractivity contribution in [3.63, 3.8) is 0 Å². The smallest absolute Gasteiger partial charge is 0.326 e. The Kier molecular flexibility index (Phi) is 13.1. The largest absolute Gasteiger partial charge is 0.481 e. The lowest BCUT2D eigenvalue weighted by molar-refractivity contribution is -0.142. The highest BCUT2D eigenvalue weighted by Crippen LogP contribution is 2.05. The predicted molar refractivity (Wildman–Crippen MR) is 127 cm³/mol. The van der Waals surface area contributed by atoms with E-state index >= 15 is 0 Å². The Morgan fingerprint density at radius 1 is 1.06 bits per heavy atom. The van der Waals surface area contributed by atoms with Crippen molar-refractivity contribution >= 4 is 54.1 Å². The number of rotatable bonds is 16. The van der Waals surface area contributed by atoms with E-state index in [1.807, 2.05) is 6.26 Å². The Morgan fingerprint density at radius 3 is 2.21 bits per heavy atom. The fraction of sp³-hybridized carbons (Fsp3) is 0.579. The molecule has 4 unspecified atom stereocenters. The number of hydrogen-bond acceptors (Lipinski definition) is 9. The van der Waals surface area contributed by atoms with Gasteiger partial charge in [-0.15, -0.1) is 0 Å². The number of amides is 3. The van der Waals surface area contributed by atoms with E-state index in [1.165, 1.54) is 24.3 Å². The van der Waals surface area contributed by atoms with Crippen LogP contribution in [0.2, 0.25) is 0 Å². The van der Waals surface area contributed by atoms with Crippen LogP contribution in [0.5, 0.6) is 0 Å². The van der Waals surface area contributed by atoms with Crippen LogP contribution in [-0.4, -0.2) is 91.8 Å². The number of thiol groups is 1. The van der Waals surface area contributed by atoms with Crippen LogP contribution in [0.4, 0.5) is 0 Å². The monoisotopic (exact) mass is 518 g/mol. The number of H-pyrrole nitrogens is 1. The van der Waals surface area contributed by atoms with Gasteiger partial charge in [-0.3, -0.25) is 19.2 Å². The third-order valence-corrected chi connectivity index (χ3v) is 5.67. The molecule has 0 aromatic carbocycles. The van der Waals surface area contributed by atoms with Crippen molar-refractivity contribution in [2.75, 3.05) is 17.8 Å². The number of imidazole rings is 1. The molecule has 0 radical (unpaired) electrons. The number of carbonyl (C=O) groups is 5. The van der Waals surface area contributed by atoms with Gasteiger partial charge in [0.25, 0.3) is 0 Å². The minimum absolute atomic E-state index is 0.0161. The molecule has 13 nitrogen and oxygen atoms in total. The van der Waals surface area contributed by atoms with Crippen LogP contribution in [0.25, 0.3) is 0 Å². The van der Waals surface area contributed by atoms with Gasteiger partial charge in [0.05, 0.1) is 12.4 Å². The Hall–Kier alpha value is -2.78. The van der Waals surface area contributed by atoms with Crippen LogP contribution < -0.4 is 21.7 Å². The number of nitrogens with one attached hydrogen (secondary N) is 4. The predicted octanol–water partition coefficient (Wildman–Crippen LogP) is -1.63. The molecule has 1 rings (SSSR count). The first-order chi connectivity index (χ1) is 16.1. The van der Waals surface area contributed by atoms with Gasteiger partial charge in [0.2, 0.25) is 17.7 Å². The highest BCUT2D eigenvalue weighted by Gasteiger charge is 2.30. The topological polar surface area (TPSA) is 217 Å². The third-order valence-electron chi connectivity index (χ3n) is 4.66. The fourth-order valence-corrected chi connectivity index (χ4v) is 3.47. The van der Waals surface area contributed by atoms with E-state index in [9.17, 15) is 29.1 Å². The highest BCUT2D eigenvalue weighted by molar-refractivity contribution is 7.98. The summed E-state index contributed by atoms with van der Waals surface area (Å²) in [4.78, 5) is 66.7. The summed E-state index contributed by atoms with van der Waals surface area (Å²) in [5, 5.41) is 25.4. The molecule has 4 atom stereocenters. The maximum absolute atomic E-state index is 12.9. The number of aromatic amines is 1. The van der Waals surface area contributed by atoms with E-state index in [4.69, 9.17) is 10.8 Å². The lowest BCUT2D eigenvalue weighted by atomic mass is 10.1. The first-order valence-electron chi connectivity index (χ1n) is 10.3. The normalized spacial score (nSPS) is 14.3. The number of aliphatic carboxylic acids is 2. The van der Waals surface area contributed by atoms with Crippen LogP contribution in [0.3, 0.4) is 0 Å². The van der Waals surface area contributed by atoms with Gasteiger partial charge in [-0.1, -0.05) is 0 Å². The zero-order valence-corrected chi connectivity index (χ0v) is 20.2. The third kappa shape index (κ3) is 10.4. The molecule has 1 heterocycles. The average Bonchev–Trinajstić information content (AvgIpc) is 3.30. The van der Waals surface area contributed by atoms with E-state index in [1.54, 1.807) is 0 Å². The lowest BCUT2D eigenvalue weighted by Gasteiger charge is -2.24. The maximum Gasteiger partial charge on any atom is 0.326 e. The molecule has 190 valence electrons. The zero-order valence-electron chi connectivity index (χ0n) is 18.5. The van der Waals surface area contributed by atoms with Crippen LogP contribution >= 0.6 is 24.4 Å². The molecular formula is C19H30N6O7S2. The lowest BCUT2D eigenvalue weighted by Crippen LogP contribution is -2.58. The fourth-order valence-electron chi connectivity index (χ4n) is 2.75. The van der Waals surface area contributed by atoms with Crippen molar-refractivity contribution in [2.45, 2.75) is 49.9 Å². The second-order valence-electron chi connectivity index (χ2n) is 7.31. The molecule has 8 N–H and O–H groups in total. The molecule has 0 saturated carbocycles. The quantitative estimate of drug-likeness (QED) is 0.117. The second kappa shape index (κ2) is 15.2. The molecule has 0 spiro atoms. The summed E-state index contributed by atoms with van der Waals surface area (Å²) in [5.41, 5.74) is 6.18. The van der Waals surface area contributed by atoms with Crippen molar-refractivity contribution in [3.05, 3.63) is 18.2 Å². The first kappa shape index (κ1) is 29.3. The van der Waals surface area contributed by atoms with Crippen LogP contribution in [0, 0.1) is 0 Å². The second-order valence-corrected chi connectivity index (χ2v) is 8.66. The molecule has 1 aromatic rings. The summed E-state index contributed by atoms with van der Waals surface area (Å²) >= 11 is 5.49. The summed E-state index contributed by atoms with van der Waals surface area (Å²) in [6.45, 7) is 0. The molecule has 0 saturated heterocycles. The first-order valence-corrected chi connectivity index (χ1v) is 12.3. The van der Waals surface area contributed by atoms with Crippen molar-refractivity contribution in [1.82, 2.24) is 25.9 Å². The van der Waals surface area contributed by atoms with E-state index in [0.717, 1.165) is 0 Å². The molecular weight excluding hydrogens is 488 g/mol. The van der Waals surface area contributed by atoms with Crippen molar-refractivity contribution in [3.8, 4) is 0 Å². The zero-order chi connectivity index (χ0) is 25.7. The number of thioether (sulfide) groups is 1. The average molecular weight is 519 g/mol. The molecule has 0 fully saturated rings. The van der Waals surface area contributed by atoms with E-state index in [0.29, 0.717) is 11.4 Å². The number of aromatic nitrogens is 2. The van der Waals surface area contributed by atoms with Gasteiger partial charge in [-0.2, -0.15) is 24.4 Å².